The molecule has 0 fully saturated rings. The fourth-order valence-electron chi connectivity index (χ4n) is 2.76. The second kappa shape index (κ2) is 9.39. The molecule has 0 atom stereocenters. The average molecular weight is 406 g/mol. The van der Waals surface area contributed by atoms with Crippen molar-refractivity contribution in [2.75, 3.05) is 19.0 Å². The lowest BCUT2D eigenvalue weighted by molar-refractivity contribution is 0.252. The zero-order chi connectivity index (χ0) is 21.5. The van der Waals surface area contributed by atoms with E-state index in [9.17, 15) is 4.79 Å². The topological polar surface area (TPSA) is 96.3 Å². The molecule has 1 heterocycles. The van der Waals surface area contributed by atoms with E-state index in [2.05, 4.69) is 15.6 Å². The van der Waals surface area contributed by atoms with Gasteiger partial charge in [-0.25, -0.2) is 14.2 Å². The number of ether oxygens (including phenoxy) is 2. The molecule has 0 spiro atoms. The number of anilines is 1. The molecule has 2 N–H and O–H groups in total. The van der Waals surface area contributed by atoms with Crippen LogP contribution in [0.3, 0.4) is 0 Å². The van der Waals surface area contributed by atoms with Crippen molar-refractivity contribution in [2.24, 2.45) is 0 Å². The maximum Gasteiger partial charge on any atom is 0.320 e. The number of rotatable bonds is 6. The Morgan fingerprint density at radius 2 is 2.00 bits per heavy atom. The van der Waals surface area contributed by atoms with Gasteiger partial charge in [0.25, 0.3) is 0 Å². The number of carbonyl (C=O) groups is 1. The van der Waals surface area contributed by atoms with Gasteiger partial charge >= 0.3 is 6.03 Å². The van der Waals surface area contributed by atoms with E-state index in [4.69, 9.17) is 14.7 Å². The number of amides is 2. The molecule has 3 aromatic rings. The smallest absolute Gasteiger partial charge is 0.320 e. The summed E-state index contributed by atoms with van der Waals surface area (Å²) >= 11 is 0. The van der Waals surface area contributed by atoms with Crippen LogP contribution in [0.15, 0.2) is 54.7 Å². The monoisotopic (exact) mass is 406 g/mol. The molecule has 0 radical (unpaired) electrons. The molecule has 3 rings (SSSR count). The van der Waals surface area contributed by atoms with Gasteiger partial charge < -0.3 is 14.8 Å². The number of aromatic nitrogens is 1. The summed E-state index contributed by atoms with van der Waals surface area (Å²) in [5.74, 6) is 0.276. The van der Waals surface area contributed by atoms with E-state index < -0.39 is 5.82 Å². The van der Waals surface area contributed by atoms with Crippen molar-refractivity contribution in [3.05, 3.63) is 66.1 Å². The lowest BCUT2D eigenvalue weighted by atomic mass is 10.0. The molecule has 30 heavy (non-hydrogen) atoms. The summed E-state index contributed by atoms with van der Waals surface area (Å²) in [5.41, 5.74) is 1.09. The summed E-state index contributed by atoms with van der Waals surface area (Å²) < 4.78 is 26.2. The highest BCUT2D eigenvalue weighted by Gasteiger charge is 2.18. The maximum absolute atomic E-state index is 15.3. The van der Waals surface area contributed by atoms with E-state index in [1.165, 1.54) is 19.4 Å². The van der Waals surface area contributed by atoms with Crippen molar-refractivity contribution < 1.29 is 18.7 Å². The molecular formula is C22H19FN4O3. The van der Waals surface area contributed by atoms with Crippen LogP contribution < -0.4 is 20.1 Å². The normalized spacial score (nSPS) is 10.1. The minimum absolute atomic E-state index is 0.0283. The number of halogens is 1. The number of hydrogen-bond acceptors (Lipinski definition) is 5. The summed E-state index contributed by atoms with van der Waals surface area (Å²) in [7, 11) is 1.44. The number of methoxy groups -OCH3 is 1. The second-order valence-electron chi connectivity index (χ2n) is 6.11. The van der Waals surface area contributed by atoms with Crippen LogP contribution in [0.1, 0.15) is 12.5 Å². The molecule has 0 unspecified atom stereocenters. The zero-order valence-electron chi connectivity index (χ0n) is 16.4. The van der Waals surface area contributed by atoms with Crippen molar-refractivity contribution in [3.8, 4) is 34.4 Å². The number of hydrogen-bond donors (Lipinski definition) is 2. The fraction of sp³-hybridized carbons (Fsp3) is 0.136. The van der Waals surface area contributed by atoms with Crippen LogP contribution in [-0.4, -0.2) is 24.7 Å². The molecule has 7 nitrogen and oxygen atoms in total. The molecule has 0 saturated heterocycles. The average Bonchev–Trinajstić information content (AvgIpc) is 2.76. The van der Waals surface area contributed by atoms with Gasteiger partial charge in [0, 0.05) is 6.54 Å². The van der Waals surface area contributed by atoms with Gasteiger partial charge in [0.1, 0.15) is 17.3 Å². The molecule has 0 saturated carbocycles. The predicted molar refractivity (Wildman–Crippen MR) is 110 cm³/mol. The first-order chi connectivity index (χ1) is 14.5. The molecule has 0 aliphatic heterocycles. The maximum atomic E-state index is 15.3. The van der Waals surface area contributed by atoms with Gasteiger partial charge in [0.05, 0.1) is 30.5 Å². The molecular weight excluding hydrogens is 387 g/mol. The van der Waals surface area contributed by atoms with Gasteiger partial charge in [-0.15, -0.1) is 0 Å². The molecule has 0 aliphatic carbocycles. The Bertz CT molecular complexity index is 1090. The Hall–Kier alpha value is -4.12. The quantitative estimate of drug-likeness (QED) is 0.618. The number of carbonyl (C=O) groups excluding carboxylic acids is 1. The summed E-state index contributed by atoms with van der Waals surface area (Å²) in [6.07, 6.45) is 1.38. The fourth-order valence-corrected chi connectivity index (χ4v) is 2.76. The van der Waals surface area contributed by atoms with Gasteiger partial charge in [-0.2, -0.15) is 5.26 Å². The first-order valence-electron chi connectivity index (χ1n) is 9.11. The van der Waals surface area contributed by atoms with Crippen molar-refractivity contribution in [1.82, 2.24) is 10.3 Å². The van der Waals surface area contributed by atoms with Crippen molar-refractivity contribution in [2.45, 2.75) is 6.92 Å². The number of pyridine rings is 1. The largest absolute Gasteiger partial charge is 0.496 e. The Labute approximate surface area is 173 Å². The van der Waals surface area contributed by atoms with E-state index in [1.54, 1.807) is 49.4 Å². The first-order valence-corrected chi connectivity index (χ1v) is 9.11. The third-order valence-corrected chi connectivity index (χ3v) is 4.11. The number of benzene rings is 2. The van der Waals surface area contributed by atoms with Gasteiger partial charge in [0.15, 0.2) is 11.6 Å². The van der Waals surface area contributed by atoms with Crippen molar-refractivity contribution in [1.29, 1.82) is 5.26 Å². The Balaban J connectivity index is 1.88. The highest BCUT2D eigenvalue weighted by atomic mass is 19.1. The molecule has 2 amide bonds. The first kappa shape index (κ1) is 20.6. The Morgan fingerprint density at radius 1 is 1.20 bits per heavy atom. The van der Waals surface area contributed by atoms with Crippen LogP contribution in [0.4, 0.5) is 15.0 Å². The summed E-state index contributed by atoms with van der Waals surface area (Å²) in [6, 6.07) is 14.4. The van der Waals surface area contributed by atoms with Crippen LogP contribution in [-0.2, 0) is 0 Å². The van der Waals surface area contributed by atoms with Crippen LogP contribution in [0.2, 0.25) is 0 Å². The molecule has 0 aliphatic rings. The van der Waals surface area contributed by atoms with E-state index in [-0.39, 0.29) is 23.1 Å². The second-order valence-corrected chi connectivity index (χ2v) is 6.11. The van der Waals surface area contributed by atoms with Gasteiger partial charge in [0.2, 0.25) is 0 Å². The van der Waals surface area contributed by atoms with Crippen LogP contribution in [0.5, 0.6) is 17.2 Å². The number of urea groups is 1. The Kier molecular flexibility index (Phi) is 6.45. The van der Waals surface area contributed by atoms with Crippen LogP contribution in [0.25, 0.3) is 11.1 Å². The zero-order valence-corrected chi connectivity index (χ0v) is 16.4. The van der Waals surface area contributed by atoms with Gasteiger partial charge in [-0.3, -0.25) is 5.32 Å². The van der Waals surface area contributed by atoms with Crippen LogP contribution >= 0.6 is 0 Å². The summed E-state index contributed by atoms with van der Waals surface area (Å²) in [6.45, 7) is 2.29. The molecule has 1 aromatic heterocycles. The van der Waals surface area contributed by atoms with Crippen molar-refractivity contribution in [3.63, 3.8) is 0 Å². The summed E-state index contributed by atoms with van der Waals surface area (Å²) in [5, 5.41) is 14.3. The van der Waals surface area contributed by atoms with E-state index in [0.717, 1.165) is 0 Å². The highest BCUT2D eigenvalue weighted by molar-refractivity contribution is 5.88. The number of nitriles is 1. The third-order valence-electron chi connectivity index (χ3n) is 4.11. The third kappa shape index (κ3) is 4.64. The molecule has 8 heteroatoms. The SMILES string of the molecule is CCNC(=O)Nc1ccc(Oc2ccc(OC)c(-c3cccc(C#N)c3)c2F)cn1. The summed E-state index contributed by atoms with van der Waals surface area (Å²) in [4.78, 5) is 15.6. The number of nitrogens with one attached hydrogen (secondary N) is 2. The van der Waals surface area contributed by atoms with E-state index in [0.29, 0.717) is 29.2 Å². The minimum Gasteiger partial charge on any atom is -0.496 e. The lowest BCUT2D eigenvalue weighted by Gasteiger charge is -2.14. The standard InChI is InChI=1S/C22H19FN4O3/c1-3-25-22(28)27-19-10-7-16(13-26-19)30-18-9-8-17(29-2)20(21(18)23)15-6-4-5-14(11-15)12-24/h4-11,13H,3H2,1-2H3,(H2,25,26,27,28). The van der Waals surface area contributed by atoms with Gasteiger partial charge in [-0.05, 0) is 48.9 Å². The van der Waals surface area contributed by atoms with Gasteiger partial charge in [-0.1, -0.05) is 12.1 Å². The Morgan fingerprint density at radius 3 is 2.67 bits per heavy atom. The molecule has 152 valence electrons. The molecule has 2 aromatic carbocycles. The van der Waals surface area contributed by atoms with E-state index >= 15 is 4.39 Å². The molecule has 0 bridgehead atoms. The minimum atomic E-state index is -0.631. The van der Waals surface area contributed by atoms with E-state index in [1.807, 2.05) is 6.07 Å². The number of nitrogens with zero attached hydrogens (tertiary/aromatic N) is 2. The highest BCUT2D eigenvalue weighted by Crippen LogP contribution is 2.39. The van der Waals surface area contributed by atoms with Crippen molar-refractivity contribution >= 4 is 11.8 Å². The van der Waals surface area contributed by atoms with Crippen LogP contribution in [0, 0.1) is 17.1 Å². The lowest BCUT2D eigenvalue weighted by Crippen LogP contribution is -2.28. The predicted octanol–water partition coefficient (Wildman–Crippen LogP) is 4.70.